The summed E-state index contributed by atoms with van der Waals surface area (Å²) >= 11 is 5.80. The number of ether oxygens (including phenoxy) is 2. The Balaban J connectivity index is 1.84. The molecule has 0 fully saturated rings. The SMILES string of the molecule is C[C@@H](OCc1ccccc1)[C@@H](COCC(=O)c1ccc(Cl)cc1)NC(=O)O. The third-order valence-corrected chi connectivity index (χ3v) is 4.18. The van der Waals surface area contributed by atoms with Crippen molar-refractivity contribution >= 4 is 23.5 Å². The molecule has 0 aliphatic heterocycles. The second kappa shape index (κ2) is 10.7. The molecule has 2 rings (SSSR count). The van der Waals surface area contributed by atoms with Crippen molar-refractivity contribution in [1.29, 1.82) is 0 Å². The van der Waals surface area contributed by atoms with Crippen LogP contribution in [-0.2, 0) is 16.1 Å². The van der Waals surface area contributed by atoms with Gasteiger partial charge in [0, 0.05) is 10.6 Å². The van der Waals surface area contributed by atoms with E-state index >= 15 is 0 Å². The van der Waals surface area contributed by atoms with Gasteiger partial charge in [0.05, 0.1) is 25.4 Å². The molecule has 2 atom stereocenters. The highest BCUT2D eigenvalue weighted by molar-refractivity contribution is 6.30. The predicted molar refractivity (Wildman–Crippen MR) is 102 cm³/mol. The quantitative estimate of drug-likeness (QED) is 0.602. The second-order valence-corrected chi connectivity index (χ2v) is 6.44. The highest BCUT2D eigenvalue weighted by atomic mass is 35.5. The molecular formula is C20H22ClNO5. The Bertz CT molecular complexity index is 736. The van der Waals surface area contributed by atoms with Crippen LogP contribution >= 0.6 is 11.6 Å². The molecule has 7 heteroatoms. The number of nitrogens with one attached hydrogen (secondary N) is 1. The molecule has 27 heavy (non-hydrogen) atoms. The number of rotatable bonds is 10. The van der Waals surface area contributed by atoms with Crippen LogP contribution in [0.4, 0.5) is 4.79 Å². The Labute approximate surface area is 163 Å². The van der Waals surface area contributed by atoms with E-state index < -0.39 is 18.2 Å². The van der Waals surface area contributed by atoms with Crippen molar-refractivity contribution < 1.29 is 24.2 Å². The number of benzene rings is 2. The molecule has 0 aromatic heterocycles. The van der Waals surface area contributed by atoms with E-state index in [4.69, 9.17) is 26.2 Å². The molecule has 0 bridgehead atoms. The van der Waals surface area contributed by atoms with E-state index in [1.165, 1.54) is 0 Å². The molecule has 144 valence electrons. The topological polar surface area (TPSA) is 84.9 Å². The summed E-state index contributed by atoms with van der Waals surface area (Å²) in [4.78, 5) is 23.1. The van der Waals surface area contributed by atoms with Crippen molar-refractivity contribution in [3.8, 4) is 0 Å². The van der Waals surface area contributed by atoms with E-state index in [2.05, 4.69) is 5.32 Å². The molecule has 0 unspecified atom stereocenters. The third-order valence-electron chi connectivity index (χ3n) is 3.93. The number of Topliss-reactive ketones (excluding diaryl/α,β-unsaturated/α-hetero) is 1. The first-order chi connectivity index (χ1) is 13.0. The second-order valence-electron chi connectivity index (χ2n) is 6.00. The van der Waals surface area contributed by atoms with Gasteiger partial charge in [-0.15, -0.1) is 0 Å². The first kappa shape index (κ1) is 20.9. The molecule has 0 radical (unpaired) electrons. The van der Waals surface area contributed by atoms with E-state index in [1.54, 1.807) is 31.2 Å². The molecule has 0 aliphatic carbocycles. The molecular weight excluding hydrogens is 370 g/mol. The zero-order valence-corrected chi connectivity index (χ0v) is 15.7. The van der Waals surface area contributed by atoms with Gasteiger partial charge in [0.15, 0.2) is 5.78 Å². The van der Waals surface area contributed by atoms with Crippen molar-refractivity contribution in [3.63, 3.8) is 0 Å². The van der Waals surface area contributed by atoms with Gasteiger partial charge in [-0.1, -0.05) is 41.9 Å². The summed E-state index contributed by atoms with van der Waals surface area (Å²) in [5.74, 6) is -0.210. The minimum absolute atomic E-state index is 0.0155. The van der Waals surface area contributed by atoms with Crippen molar-refractivity contribution in [2.24, 2.45) is 0 Å². The Hall–Kier alpha value is -2.41. The van der Waals surface area contributed by atoms with Crippen LogP contribution in [0.3, 0.4) is 0 Å². The lowest BCUT2D eigenvalue weighted by atomic mass is 10.1. The minimum atomic E-state index is -1.18. The van der Waals surface area contributed by atoms with Crippen LogP contribution in [0.25, 0.3) is 0 Å². The lowest BCUT2D eigenvalue weighted by Gasteiger charge is -2.24. The number of carboxylic acid groups (broad SMARTS) is 1. The van der Waals surface area contributed by atoms with Crippen LogP contribution in [-0.4, -0.2) is 42.3 Å². The summed E-state index contributed by atoms with van der Waals surface area (Å²) in [5, 5.41) is 11.9. The van der Waals surface area contributed by atoms with Gasteiger partial charge in [0.2, 0.25) is 0 Å². The van der Waals surface area contributed by atoms with E-state index in [0.717, 1.165) is 5.56 Å². The molecule has 2 aromatic rings. The van der Waals surface area contributed by atoms with Crippen molar-refractivity contribution in [2.45, 2.75) is 25.7 Å². The third kappa shape index (κ3) is 7.38. The van der Waals surface area contributed by atoms with Gasteiger partial charge in [-0.3, -0.25) is 4.79 Å². The van der Waals surface area contributed by atoms with Gasteiger partial charge in [0.1, 0.15) is 6.61 Å². The van der Waals surface area contributed by atoms with Gasteiger partial charge >= 0.3 is 6.09 Å². The average molecular weight is 392 g/mol. The first-order valence-corrected chi connectivity index (χ1v) is 8.85. The summed E-state index contributed by atoms with van der Waals surface area (Å²) in [6.07, 6.45) is -1.62. The molecule has 0 spiro atoms. The van der Waals surface area contributed by atoms with Crippen LogP contribution in [0.15, 0.2) is 54.6 Å². The monoisotopic (exact) mass is 391 g/mol. The van der Waals surface area contributed by atoms with Gasteiger partial charge in [-0.2, -0.15) is 0 Å². The van der Waals surface area contributed by atoms with Gasteiger partial charge in [-0.25, -0.2) is 4.79 Å². The van der Waals surface area contributed by atoms with Crippen molar-refractivity contribution in [2.75, 3.05) is 13.2 Å². The molecule has 0 saturated carbocycles. The molecule has 0 aliphatic rings. The van der Waals surface area contributed by atoms with E-state index in [-0.39, 0.29) is 19.0 Å². The number of carbonyl (C=O) groups is 2. The van der Waals surface area contributed by atoms with Crippen molar-refractivity contribution in [1.82, 2.24) is 5.32 Å². The fourth-order valence-corrected chi connectivity index (χ4v) is 2.49. The van der Waals surface area contributed by atoms with Gasteiger partial charge < -0.3 is 19.9 Å². The summed E-state index contributed by atoms with van der Waals surface area (Å²) in [5.41, 5.74) is 1.47. The largest absolute Gasteiger partial charge is 0.465 e. The van der Waals surface area contributed by atoms with E-state index in [9.17, 15) is 9.59 Å². The molecule has 1 amide bonds. The van der Waals surface area contributed by atoms with Crippen LogP contribution in [0.5, 0.6) is 0 Å². The zero-order valence-electron chi connectivity index (χ0n) is 14.9. The number of hydrogen-bond acceptors (Lipinski definition) is 4. The summed E-state index contributed by atoms with van der Waals surface area (Å²) < 4.78 is 11.2. The summed E-state index contributed by atoms with van der Waals surface area (Å²) in [6.45, 7) is 1.96. The molecule has 2 N–H and O–H groups in total. The number of ketones is 1. The number of amides is 1. The number of halogens is 1. The predicted octanol–water partition coefficient (Wildman–Crippen LogP) is 3.78. The average Bonchev–Trinajstić information content (AvgIpc) is 2.66. The Morgan fingerprint density at radius 2 is 1.78 bits per heavy atom. The summed E-state index contributed by atoms with van der Waals surface area (Å²) in [6, 6.07) is 15.5. The smallest absolute Gasteiger partial charge is 0.405 e. The standard InChI is InChI=1S/C20H22ClNO5/c1-14(27-11-15-5-3-2-4-6-15)18(22-20(24)25)12-26-13-19(23)16-7-9-17(21)10-8-16/h2-10,14,18,22H,11-13H2,1H3,(H,24,25)/t14-,18-/m1/s1. The summed E-state index contributed by atoms with van der Waals surface area (Å²) in [7, 11) is 0. The van der Waals surface area contributed by atoms with Crippen LogP contribution in [0, 0.1) is 0 Å². The first-order valence-electron chi connectivity index (χ1n) is 8.47. The van der Waals surface area contributed by atoms with Crippen molar-refractivity contribution in [3.05, 3.63) is 70.7 Å². The normalized spacial score (nSPS) is 13.0. The number of carbonyl (C=O) groups excluding carboxylic acids is 1. The Morgan fingerprint density at radius 3 is 2.41 bits per heavy atom. The Morgan fingerprint density at radius 1 is 1.11 bits per heavy atom. The zero-order chi connectivity index (χ0) is 19.6. The van der Waals surface area contributed by atoms with Gasteiger partial charge in [0.25, 0.3) is 0 Å². The lowest BCUT2D eigenvalue weighted by molar-refractivity contribution is -0.000915. The fourth-order valence-electron chi connectivity index (χ4n) is 2.37. The molecule has 6 nitrogen and oxygen atoms in total. The molecule has 0 heterocycles. The van der Waals surface area contributed by atoms with E-state index in [0.29, 0.717) is 17.2 Å². The Kier molecular flexibility index (Phi) is 8.26. The highest BCUT2D eigenvalue weighted by Crippen LogP contribution is 2.11. The molecule has 0 saturated heterocycles. The van der Waals surface area contributed by atoms with Gasteiger partial charge in [-0.05, 0) is 36.8 Å². The van der Waals surface area contributed by atoms with Crippen LogP contribution in [0.2, 0.25) is 5.02 Å². The lowest BCUT2D eigenvalue weighted by Crippen LogP contribution is -2.46. The minimum Gasteiger partial charge on any atom is -0.465 e. The fraction of sp³-hybridized carbons (Fsp3) is 0.300. The van der Waals surface area contributed by atoms with Crippen LogP contribution < -0.4 is 5.32 Å². The maximum absolute atomic E-state index is 12.1. The highest BCUT2D eigenvalue weighted by Gasteiger charge is 2.21. The number of hydrogen-bond donors (Lipinski definition) is 2. The molecule has 2 aromatic carbocycles. The van der Waals surface area contributed by atoms with Crippen LogP contribution in [0.1, 0.15) is 22.8 Å². The maximum Gasteiger partial charge on any atom is 0.405 e. The maximum atomic E-state index is 12.1. The van der Waals surface area contributed by atoms with E-state index in [1.807, 2.05) is 30.3 Å².